The summed E-state index contributed by atoms with van der Waals surface area (Å²) in [4.78, 5) is 21.4. The van der Waals surface area contributed by atoms with Gasteiger partial charge in [-0.15, -0.1) is 0 Å². The lowest BCUT2D eigenvalue weighted by atomic mass is 10.2. The van der Waals surface area contributed by atoms with E-state index in [4.69, 9.17) is 23.2 Å². The number of benzene rings is 1. The van der Waals surface area contributed by atoms with E-state index in [0.717, 1.165) is 24.8 Å². The van der Waals surface area contributed by atoms with Crippen LogP contribution < -0.4 is 0 Å². The summed E-state index contributed by atoms with van der Waals surface area (Å²) in [5.74, 6) is -0.344. The van der Waals surface area contributed by atoms with Gasteiger partial charge in [0.2, 0.25) is 15.0 Å². The van der Waals surface area contributed by atoms with Crippen molar-refractivity contribution >= 4 is 44.5 Å². The van der Waals surface area contributed by atoms with Crippen LogP contribution in [0.1, 0.15) is 22.5 Å². The van der Waals surface area contributed by atoms with Gasteiger partial charge in [0.05, 0.1) is 15.6 Å². The number of rotatable bonds is 8. The van der Waals surface area contributed by atoms with Gasteiger partial charge in [-0.1, -0.05) is 35.3 Å². The SMILES string of the molecule is CN(C)CCCN(Cc1ccc(Cl)c(Cl)c1)C(=O)c1nc(S(C)(=O)=O)n2ccccc12. The molecule has 3 rings (SSSR count). The van der Waals surface area contributed by atoms with Crippen molar-refractivity contribution in [1.29, 1.82) is 0 Å². The molecule has 0 fully saturated rings. The summed E-state index contributed by atoms with van der Waals surface area (Å²) in [7, 11) is 0.306. The molecule has 0 unspecified atom stereocenters. The third-order valence-corrected chi connectivity index (χ3v) is 6.42. The average molecular weight is 483 g/mol. The number of sulfone groups is 1. The molecule has 1 amide bonds. The van der Waals surface area contributed by atoms with Crippen LogP contribution in [0.4, 0.5) is 0 Å². The smallest absolute Gasteiger partial charge is 0.275 e. The van der Waals surface area contributed by atoms with E-state index < -0.39 is 9.84 Å². The van der Waals surface area contributed by atoms with Crippen LogP contribution in [0, 0.1) is 0 Å². The van der Waals surface area contributed by atoms with E-state index in [1.807, 2.05) is 25.1 Å². The summed E-state index contributed by atoms with van der Waals surface area (Å²) in [6.07, 6.45) is 3.41. The lowest BCUT2D eigenvalue weighted by molar-refractivity contribution is 0.0733. The Hall–Kier alpha value is -2.13. The fourth-order valence-electron chi connectivity index (χ4n) is 3.27. The summed E-state index contributed by atoms with van der Waals surface area (Å²) < 4.78 is 25.9. The molecule has 0 bridgehead atoms. The summed E-state index contributed by atoms with van der Waals surface area (Å²) in [6, 6.07) is 10.4. The summed E-state index contributed by atoms with van der Waals surface area (Å²) in [5.41, 5.74) is 1.37. The molecular weight excluding hydrogens is 459 g/mol. The predicted molar refractivity (Wildman–Crippen MR) is 123 cm³/mol. The maximum Gasteiger partial charge on any atom is 0.275 e. The van der Waals surface area contributed by atoms with Crippen LogP contribution in [0.2, 0.25) is 10.0 Å². The van der Waals surface area contributed by atoms with Crippen LogP contribution in [-0.2, 0) is 16.4 Å². The number of aromatic nitrogens is 2. The number of amides is 1. The van der Waals surface area contributed by atoms with Gasteiger partial charge in [0.1, 0.15) is 0 Å². The Morgan fingerprint density at radius 2 is 1.84 bits per heavy atom. The summed E-state index contributed by atoms with van der Waals surface area (Å²) in [5, 5.41) is 0.690. The quantitative estimate of drug-likeness (QED) is 0.489. The van der Waals surface area contributed by atoms with Crippen LogP contribution in [0.15, 0.2) is 47.8 Å². The zero-order valence-electron chi connectivity index (χ0n) is 17.5. The molecule has 0 radical (unpaired) electrons. The Morgan fingerprint density at radius 1 is 1.10 bits per heavy atom. The Morgan fingerprint density at radius 3 is 2.48 bits per heavy atom. The normalized spacial score (nSPS) is 11.9. The molecule has 0 saturated heterocycles. The average Bonchev–Trinajstić information content (AvgIpc) is 3.09. The first-order valence-corrected chi connectivity index (χ1v) is 12.3. The molecule has 0 N–H and O–H groups in total. The Balaban J connectivity index is 2.00. The number of carbonyl (C=O) groups excluding carboxylic acids is 1. The molecule has 0 aliphatic rings. The molecule has 2 heterocycles. The van der Waals surface area contributed by atoms with Gasteiger partial charge in [-0.05, 0) is 56.9 Å². The van der Waals surface area contributed by atoms with Gasteiger partial charge in [-0.25, -0.2) is 13.4 Å². The first-order valence-electron chi connectivity index (χ1n) is 9.63. The molecule has 1 aromatic carbocycles. The van der Waals surface area contributed by atoms with Crippen LogP contribution in [0.3, 0.4) is 0 Å². The van der Waals surface area contributed by atoms with Crippen molar-refractivity contribution in [2.75, 3.05) is 33.4 Å². The van der Waals surface area contributed by atoms with E-state index in [0.29, 0.717) is 28.7 Å². The first kappa shape index (κ1) is 23.5. The second-order valence-corrected chi connectivity index (χ2v) is 10.3. The number of pyridine rings is 1. The zero-order valence-corrected chi connectivity index (χ0v) is 19.9. The first-order chi connectivity index (χ1) is 14.6. The Labute approximate surface area is 192 Å². The van der Waals surface area contributed by atoms with Gasteiger partial charge in [-0.2, -0.15) is 0 Å². The van der Waals surface area contributed by atoms with Gasteiger partial charge in [0.15, 0.2) is 5.69 Å². The highest BCUT2D eigenvalue weighted by molar-refractivity contribution is 7.90. The van der Waals surface area contributed by atoms with Gasteiger partial charge < -0.3 is 9.80 Å². The molecule has 166 valence electrons. The molecule has 3 aromatic rings. The highest BCUT2D eigenvalue weighted by Crippen LogP contribution is 2.24. The third-order valence-electron chi connectivity index (χ3n) is 4.73. The molecule has 0 saturated carbocycles. The topological polar surface area (TPSA) is 75.0 Å². The minimum Gasteiger partial charge on any atom is -0.333 e. The molecule has 0 spiro atoms. The number of hydrogen-bond donors (Lipinski definition) is 0. The molecule has 31 heavy (non-hydrogen) atoms. The van der Waals surface area contributed by atoms with Gasteiger partial charge >= 0.3 is 0 Å². The van der Waals surface area contributed by atoms with Crippen molar-refractivity contribution in [3.63, 3.8) is 0 Å². The maximum absolute atomic E-state index is 13.5. The molecule has 7 nitrogen and oxygen atoms in total. The van der Waals surface area contributed by atoms with E-state index in [1.165, 1.54) is 4.40 Å². The third kappa shape index (κ3) is 5.57. The Kier molecular flexibility index (Phi) is 7.26. The predicted octanol–water partition coefficient (Wildman–Crippen LogP) is 3.64. The monoisotopic (exact) mass is 482 g/mol. The fourth-order valence-corrected chi connectivity index (χ4v) is 4.36. The minimum absolute atomic E-state index is 0.103. The fraction of sp³-hybridized carbons (Fsp3) is 0.333. The van der Waals surface area contributed by atoms with Gasteiger partial charge in [-0.3, -0.25) is 9.20 Å². The second-order valence-electron chi connectivity index (χ2n) is 7.60. The van der Waals surface area contributed by atoms with Crippen molar-refractivity contribution in [2.45, 2.75) is 18.1 Å². The largest absolute Gasteiger partial charge is 0.333 e. The summed E-state index contributed by atoms with van der Waals surface area (Å²) in [6.45, 7) is 1.56. The number of hydrogen-bond acceptors (Lipinski definition) is 5. The number of halogens is 2. The van der Waals surface area contributed by atoms with E-state index in [2.05, 4.69) is 4.98 Å². The van der Waals surface area contributed by atoms with E-state index in [1.54, 1.807) is 41.4 Å². The second kappa shape index (κ2) is 9.56. The van der Waals surface area contributed by atoms with Crippen LogP contribution in [0.25, 0.3) is 5.52 Å². The number of nitrogens with zero attached hydrogens (tertiary/aromatic N) is 4. The van der Waals surface area contributed by atoms with Crippen molar-refractivity contribution in [1.82, 2.24) is 19.2 Å². The molecule has 10 heteroatoms. The van der Waals surface area contributed by atoms with Crippen molar-refractivity contribution in [3.8, 4) is 0 Å². The van der Waals surface area contributed by atoms with Crippen LogP contribution >= 0.6 is 23.2 Å². The molecule has 0 atom stereocenters. The van der Waals surface area contributed by atoms with Crippen molar-refractivity contribution in [3.05, 3.63) is 63.9 Å². The van der Waals surface area contributed by atoms with Crippen molar-refractivity contribution in [2.24, 2.45) is 0 Å². The molecule has 2 aromatic heterocycles. The lowest BCUT2D eigenvalue weighted by Gasteiger charge is -2.23. The zero-order chi connectivity index (χ0) is 22.8. The van der Waals surface area contributed by atoms with E-state index in [9.17, 15) is 13.2 Å². The minimum atomic E-state index is -3.62. The maximum atomic E-state index is 13.5. The number of carbonyl (C=O) groups is 1. The van der Waals surface area contributed by atoms with Gasteiger partial charge in [0, 0.05) is 25.5 Å². The summed E-state index contributed by atoms with van der Waals surface area (Å²) >= 11 is 12.2. The molecule has 0 aliphatic heterocycles. The van der Waals surface area contributed by atoms with Gasteiger partial charge in [0.25, 0.3) is 5.91 Å². The molecule has 0 aliphatic carbocycles. The van der Waals surface area contributed by atoms with Crippen molar-refractivity contribution < 1.29 is 13.2 Å². The Bertz CT molecular complexity index is 1210. The highest BCUT2D eigenvalue weighted by Gasteiger charge is 2.26. The number of fused-ring (bicyclic) bond motifs is 1. The van der Waals surface area contributed by atoms with E-state index in [-0.39, 0.29) is 16.8 Å². The van der Waals surface area contributed by atoms with E-state index >= 15 is 0 Å². The van der Waals surface area contributed by atoms with Crippen LogP contribution in [0.5, 0.6) is 0 Å². The molecular formula is C21H24Cl2N4O3S. The highest BCUT2D eigenvalue weighted by atomic mass is 35.5. The lowest BCUT2D eigenvalue weighted by Crippen LogP contribution is -2.33. The number of imidazole rings is 1. The van der Waals surface area contributed by atoms with Crippen LogP contribution in [-0.4, -0.2) is 67.0 Å². The standard InChI is InChI=1S/C21H24Cl2N4O3S/c1-25(2)10-6-11-26(14-15-8-9-16(22)17(23)13-15)20(28)19-18-7-4-5-12-27(18)21(24-19)31(3,29)30/h4-5,7-9,12-13H,6,10-11,14H2,1-3H3.